The third-order valence-corrected chi connectivity index (χ3v) is 8.04. The molecule has 0 bridgehead atoms. The van der Waals surface area contributed by atoms with Gasteiger partial charge < -0.3 is 26.0 Å². The number of piperidine rings is 1. The molecule has 0 radical (unpaired) electrons. The Balaban J connectivity index is 0.00000533. The molecule has 1 aromatic carbocycles. The van der Waals surface area contributed by atoms with Gasteiger partial charge in [-0.2, -0.15) is 0 Å². The Kier molecular flexibility index (Phi) is 13.3. The number of amides is 1. The maximum Gasteiger partial charge on any atom is 0.246 e. The van der Waals surface area contributed by atoms with Crippen molar-refractivity contribution in [2.45, 2.75) is 96.9 Å². The van der Waals surface area contributed by atoms with Gasteiger partial charge in [0.05, 0.1) is 0 Å². The number of likely N-dealkylation sites (tertiary alicyclic amines) is 1. The largest absolute Gasteiger partial charge is 0.507 e. The third kappa shape index (κ3) is 10.7. The molecule has 0 aromatic heterocycles. The maximum absolute atomic E-state index is 12.9. The van der Waals surface area contributed by atoms with Crippen LogP contribution >= 0.6 is 12.4 Å². The lowest BCUT2D eigenvalue weighted by molar-refractivity contribution is -0.127. The summed E-state index contributed by atoms with van der Waals surface area (Å²) in [6.07, 6.45) is 10.8. The van der Waals surface area contributed by atoms with Gasteiger partial charge in [0.25, 0.3) is 0 Å². The highest BCUT2D eigenvalue weighted by Crippen LogP contribution is 2.40. The van der Waals surface area contributed by atoms with Crippen LogP contribution in [0.25, 0.3) is 6.08 Å². The highest BCUT2D eigenvalue weighted by atomic mass is 35.5. The van der Waals surface area contributed by atoms with E-state index in [0.29, 0.717) is 17.7 Å². The van der Waals surface area contributed by atoms with E-state index in [1.54, 1.807) is 6.08 Å². The van der Waals surface area contributed by atoms with Gasteiger partial charge in [0.2, 0.25) is 5.91 Å². The predicted molar refractivity (Wildman–Crippen MR) is 167 cm³/mol. The van der Waals surface area contributed by atoms with Crippen LogP contribution in [0.1, 0.15) is 96.8 Å². The molecule has 1 atom stereocenters. The van der Waals surface area contributed by atoms with Gasteiger partial charge >= 0.3 is 0 Å². The lowest BCUT2D eigenvalue weighted by Gasteiger charge is -2.31. The van der Waals surface area contributed by atoms with Crippen LogP contribution in [-0.2, 0) is 15.6 Å². The molecule has 2 heterocycles. The Morgan fingerprint density at radius 2 is 1.54 bits per heavy atom. The molecule has 2 aliphatic heterocycles. The summed E-state index contributed by atoms with van der Waals surface area (Å²) in [5.74, 6) is 1.10. The Labute approximate surface area is 244 Å². The van der Waals surface area contributed by atoms with Crippen LogP contribution in [0.15, 0.2) is 18.2 Å². The zero-order valence-electron chi connectivity index (χ0n) is 25.4. The fraction of sp³-hybridized carbons (Fsp3) is 0.719. The molecule has 0 saturated carbocycles. The van der Waals surface area contributed by atoms with Crippen molar-refractivity contribution in [2.75, 3.05) is 45.8 Å². The van der Waals surface area contributed by atoms with Gasteiger partial charge in [-0.3, -0.25) is 4.79 Å². The normalized spacial score (nSPS) is 19.0. The van der Waals surface area contributed by atoms with E-state index in [-0.39, 0.29) is 29.1 Å². The van der Waals surface area contributed by atoms with Gasteiger partial charge in [-0.25, -0.2) is 0 Å². The summed E-state index contributed by atoms with van der Waals surface area (Å²) in [4.78, 5) is 14.9. The lowest BCUT2D eigenvalue weighted by atomic mass is 9.78. The van der Waals surface area contributed by atoms with E-state index in [1.165, 1.54) is 32.2 Å². The van der Waals surface area contributed by atoms with Crippen LogP contribution in [0.4, 0.5) is 0 Å². The van der Waals surface area contributed by atoms with E-state index in [4.69, 9.17) is 0 Å². The third-order valence-electron chi connectivity index (χ3n) is 8.04. The van der Waals surface area contributed by atoms with Gasteiger partial charge in [0.1, 0.15) is 5.75 Å². The van der Waals surface area contributed by atoms with Crippen LogP contribution < -0.4 is 16.0 Å². The number of carbonyl (C=O) groups excluding carboxylic acids is 1. The minimum Gasteiger partial charge on any atom is -0.507 e. The summed E-state index contributed by atoms with van der Waals surface area (Å²) >= 11 is 0. The Morgan fingerprint density at radius 3 is 2.05 bits per heavy atom. The molecule has 222 valence electrons. The SMILES string of the molecule is CC(C)(C)c1cc(/C=C/C(=O)N2CCC(CNCCCCNC[C@@H]3CCCN3)CC2)cc(C(C)(C)C)c1O.Cl. The smallest absolute Gasteiger partial charge is 0.246 e. The van der Waals surface area contributed by atoms with Crippen LogP contribution in [0.5, 0.6) is 5.75 Å². The minimum atomic E-state index is -0.183. The van der Waals surface area contributed by atoms with E-state index < -0.39 is 0 Å². The van der Waals surface area contributed by atoms with Crippen molar-refractivity contribution in [2.24, 2.45) is 5.92 Å². The molecule has 39 heavy (non-hydrogen) atoms. The number of nitrogens with zero attached hydrogens (tertiary/aromatic N) is 1. The molecule has 4 N–H and O–H groups in total. The molecule has 2 saturated heterocycles. The van der Waals surface area contributed by atoms with Crippen LogP contribution in [0.2, 0.25) is 0 Å². The average molecular weight is 563 g/mol. The number of carbonyl (C=O) groups is 1. The van der Waals surface area contributed by atoms with Crippen molar-refractivity contribution in [3.8, 4) is 5.75 Å². The van der Waals surface area contributed by atoms with E-state index >= 15 is 0 Å². The molecule has 7 heteroatoms. The molecule has 2 fully saturated rings. The molecular weight excluding hydrogens is 508 g/mol. The molecule has 0 unspecified atom stereocenters. The fourth-order valence-corrected chi connectivity index (χ4v) is 5.54. The Hall–Kier alpha value is -1.60. The van der Waals surface area contributed by atoms with Gasteiger partial charge in [-0.15, -0.1) is 12.4 Å². The number of phenolic OH excluding ortho intramolecular Hbond substituents is 1. The van der Waals surface area contributed by atoms with E-state index in [9.17, 15) is 9.90 Å². The number of aromatic hydroxyl groups is 1. The number of benzene rings is 1. The Bertz CT molecular complexity index is 886. The second-order valence-corrected chi connectivity index (χ2v) is 13.5. The van der Waals surface area contributed by atoms with Crippen molar-refractivity contribution in [1.29, 1.82) is 0 Å². The standard InChI is InChI=1S/C32H54N4O2.ClH/c1-31(2,3)27-20-25(21-28(30(27)38)32(4,5)6)11-12-29(37)36-18-13-24(14-19-36)22-33-15-7-8-16-34-23-26-10-9-17-35-26;/h11-12,20-21,24,26,33-35,38H,7-10,13-19,22-23H2,1-6H3;1H/b12-11+;/t26-;/m0./s1. The topological polar surface area (TPSA) is 76.6 Å². The number of rotatable bonds is 11. The first-order valence-electron chi connectivity index (χ1n) is 14.9. The summed E-state index contributed by atoms with van der Waals surface area (Å²) in [6, 6.07) is 4.72. The Morgan fingerprint density at radius 1 is 0.974 bits per heavy atom. The number of phenols is 1. The molecule has 0 spiro atoms. The van der Waals surface area contributed by atoms with Crippen LogP contribution in [0, 0.1) is 5.92 Å². The van der Waals surface area contributed by atoms with Gasteiger partial charge in [-0.1, -0.05) is 41.5 Å². The predicted octanol–water partition coefficient (Wildman–Crippen LogP) is 5.37. The van der Waals surface area contributed by atoms with Crippen molar-refractivity contribution >= 4 is 24.4 Å². The van der Waals surface area contributed by atoms with E-state index in [0.717, 1.165) is 68.8 Å². The first-order valence-corrected chi connectivity index (χ1v) is 14.9. The molecule has 1 amide bonds. The number of unbranched alkanes of at least 4 members (excludes halogenated alkanes) is 1. The second kappa shape index (κ2) is 15.4. The van der Waals surface area contributed by atoms with Crippen molar-refractivity contribution in [3.63, 3.8) is 0 Å². The zero-order chi connectivity index (χ0) is 27.8. The number of hydrogen-bond acceptors (Lipinski definition) is 5. The summed E-state index contributed by atoms with van der Waals surface area (Å²) < 4.78 is 0. The highest BCUT2D eigenvalue weighted by Gasteiger charge is 2.26. The summed E-state index contributed by atoms with van der Waals surface area (Å²) in [5.41, 5.74) is 2.44. The van der Waals surface area contributed by atoms with Gasteiger partial charge in [-0.05, 0) is 105 Å². The number of nitrogens with one attached hydrogen (secondary N) is 3. The summed E-state index contributed by atoms with van der Waals surface area (Å²) in [7, 11) is 0. The summed E-state index contributed by atoms with van der Waals surface area (Å²) in [6.45, 7) is 19.8. The van der Waals surface area contributed by atoms with Crippen LogP contribution in [-0.4, -0.2) is 67.8 Å². The van der Waals surface area contributed by atoms with E-state index in [1.807, 2.05) is 23.1 Å². The first-order chi connectivity index (χ1) is 17.9. The van der Waals surface area contributed by atoms with Crippen molar-refractivity contribution < 1.29 is 9.90 Å². The minimum absolute atomic E-state index is 0. The van der Waals surface area contributed by atoms with E-state index in [2.05, 4.69) is 57.5 Å². The van der Waals surface area contributed by atoms with Crippen LogP contribution in [0.3, 0.4) is 0 Å². The highest BCUT2D eigenvalue weighted by molar-refractivity contribution is 5.92. The molecule has 3 rings (SSSR count). The lowest BCUT2D eigenvalue weighted by Crippen LogP contribution is -2.40. The zero-order valence-corrected chi connectivity index (χ0v) is 26.2. The second-order valence-electron chi connectivity index (χ2n) is 13.5. The average Bonchev–Trinajstić information content (AvgIpc) is 3.37. The number of halogens is 1. The maximum atomic E-state index is 12.9. The molecule has 6 nitrogen and oxygen atoms in total. The first kappa shape index (κ1) is 33.6. The quantitative estimate of drug-likeness (QED) is 0.215. The van der Waals surface area contributed by atoms with Crippen molar-refractivity contribution in [3.05, 3.63) is 34.9 Å². The monoisotopic (exact) mass is 562 g/mol. The molecule has 1 aromatic rings. The molecule has 2 aliphatic rings. The molecule has 0 aliphatic carbocycles. The summed E-state index contributed by atoms with van der Waals surface area (Å²) in [5, 5.41) is 21.7. The van der Waals surface area contributed by atoms with Gasteiger partial charge in [0, 0.05) is 42.9 Å². The van der Waals surface area contributed by atoms with Gasteiger partial charge in [0.15, 0.2) is 0 Å². The number of hydrogen-bond donors (Lipinski definition) is 4. The molecular formula is C32H55ClN4O2. The fourth-order valence-electron chi connectivity index (χ4n) is 5.54. The van der Waals surface area contributed by atoms with Crippen molar-refractivity contribution in [1.82, 2.24) is 20.9 Å².